The van der Waals surface area contributed by atoms with Crippen LogP contribution in [0.2, 0.25) is 0 Å². The quantitative estimate of drug-likeness (QED) is 0.659. The third-order valence-corrected chi connectivity index (χ3v) is 6.39. The zero-order valence-electron chi connectivity index (χ0n) is 18.9. The van der Waals surface area contributed by atoms with Gasteiger partial charge in [-0.15, -0.1) is 0 Å². The van der Waals surface area contributed by atoms with Crippen LogP contribution in [0.5, 0.6) is 0 Å². The number of alkyl halides is 3. The van der Waals surface area contributed by atoms with E-state index in [-0.39, 0.29) is 12.1 Å². The summed E-state index contributed by atoms with van der Waals surface area (Å²) in [4.78, 5) is 41.7. The Labute approximate surface area is 194 Å². The second-order valence-corrected chi connectivity index (χ2v) is 8.51. The number of ether oxygens (including phenoxy) is 1. The Balaban J connectivity index is 1.37. The van der Waals surface area contributed by atoms with Gasteiger partial charge >= 0.3 is 12.3 Å². The van der Waals surface area contributed by atoms with Gasteiger partial charge in [0.25, 0.3) is 10.9 Å². The maximum absolute atomic E-state index is 13.0. The lowest BCUT2D eigenvalue weighted by Crippen LogP contribution is -2.52. The van der Waals surface area contributed by atoms with Crippen molar-refractivity contribution >= 4 is 23.2 Å². The van der Waals surface area contributed by atoms with Crippen LogP contribution in [0.3, 0.4) is 0 Å². The first-order valence-electron chi connectivity index (χ1n) is 11.4. The molecule has 34 heavy (non-hydrogen) atoms. The summed E-state index contributed by atoms with van der Waals surface area (Å²) in [5, 5.41) is 3.19. The number of nitrogens with one attached hydrogen (secondary N) is 1. The average molecular weight is 480 g/mol. The highest BCUT2D eigenvalue weighted by Crippen LogP contribution is 2.32. The Kier molecular flexibility index (Phi) is 6.72. The minimum absolute atomic E-state index is 0.0425. The molecule has 0 bridgehead atoms. The molecule has 8 nitrogen and oxygen atoms in total. The maximum atomic E-state index is 13.0. The van der Waals surface area contributed by atoms with Gasteiger partial charge in [-0.05, 0) is 38.0 Å². The van der Waals surface area contributed by atoms with E-state index in [2.05, 4.69) is 5.32 Å². The summed E-state index contributed by atoms with van der Waals surface area (Å²) in [6.45, 7) is 4.74. The van der Waals surface area contributed by atoms with E-state index in [0.717, 1.165) is 12.1 Å². The highest BCUT2D eigenvalue weighted by Gasteiger charge is 2.33. The number of amides is 1. The second-order valence-electron chi connectivity index (χ2n) is 8.51. The molecule has 2 saturated heterocycles. The van der Waals surface area contributed by atoms with Gasteiger partial charge < -0.3 is 24.8 Å². The summed E-state index contributed by atoms with van der Waals surface area (Å²) in [6, 6.07) is 5.15. The number of carbonyl (C=O) groups excluding carboxylic acids is 1. The fourth-order valence-corrected chi connectivity index (χ4v) is 4.51. The molecule has 2 aliphatic rings. The van der Waals surface area contributed by atoms with Crippen molar-refractivity contribution in [1.82, 2.24) is 4.90 Å². The van der Waals surface area contributed by atoms with E-state index in [1.54, 1.807) is 17.9 Å². The van der Waals surface area contributed by atoms with Crippen LogP contribution >= 0.6 is 0 Å². The summed E-state index contributed by atoms with van der Waals surface area (Å²) >= 11 is 0. The predicted octanol–water partition coefficient (Wildman–Crippen LogP) is 2.66. The van der Waals surface area contributed by atoms with Gasteiger partial charge in [0.2, 0.25) is 0 Å². The molecule has 2 aliphatic heterocycles. The van der Waals surface area contributed by atoms with Crippen molar-refractivity contribution < 1.29 is 22.7 Å². The molecule has 2 aromatic rings. The van der Waals surface area contributed by atoms with E-state index in [1.807, 2.05) is 9.80 Å². The fourth-order valence-electron chi connectivity index (χ4n) is 4.51. The number of rotatable bonds is 5. The highest BCUT2D eigenvalue weighted by molar-refractivity contribution is 5.76. The van der Waals surface area contributed by atoms with Crippen molar-refractivity contribution in [2.24, 2.45) is 0 Å². The number of likely N-dealkylation sites (tertiary alicyclic amines) is 1. The molecule has 0 radical (unpaired) electrons. The fraction of sp³-hybridized carbons (Fsp3) is 0.522. The van der Waals surface area contributed by atoms with Crippen molar-refractivity contribution in [2.75, 3.05) is 61.0 Å². The monoisotopic (exact) mass is 480 g/mol. The van der Waals surface area contributed by atoms with Gasteiger partial charge in [-0.2, -0.15) is 13.2 Å². The first kappa shape index (κ1) is 23.9. The van der Waals surface area contributed by atoms with Crippen LogP contribution in [0.25, 0.3) is 0 Å². The molecule has 11 heteroatoms. The molecule has 4 rings (SSSR count). The van der Waals surface area contributed by atoms with Gasteiger partial charge in [0, 0.05) is 51.0 Å². The second kappa shape index (κ2) is 9.55. The highest BCUT2D eigenvalue weighted by atomic mass is 19.4. The summed E-state index contributed by atoms with van der Waals surface area (Å²) in [6.07, 6.45) is -3.51. The Hall–Kier alpha value is -3.24. The summed E-state index contributed by atoms with van der Waals surface area (Å²) < 4.78 is 44.1. The standard InChI is InChI=1S/C23H27F3N4O4/c1-2-34-22(33)30-8-6-16(7-9-30)27-18-19(21(32)20(18)31)29-12-10-28(11-13-29)17-5-3-4-15(14-17)23(24,25)26/h3-5,14,16,27H,2,6-13H2,1H3. The number of anilines is 3. The van der Waals surface area contributed by atoms with Crippen molar-refractivity contribution in [3.63, 3.8) is 0 Å². The van der Waals surface area contributed by atoms with Crippen LogP contribution in [0.15, 0.2) is 33.9 Å². The number of piperidine rings is 1. The molecule has 0 unspecified atom stereocenters. The van der Waals surface area contributed by atoms with Gasteiger partial charge in [-0.3, -0.25) is 9.59 Å². The molecule has 0 saturated carbocycles. The Bertz CT molecular complexity index is 1100. The van der Waals surface area contributed by atoms with Gasteiger partial charge in [0.1, 0.15) is 11.4 Å². The van der Waals surface area contributed by atoms with Crippen molar-refractivity contribution in [3.8, 4) is 0 Å². The number of piperazine rings is 1. The van der Waals surface area contributed by atoms with E-state index < -0.39 is 22.6 Å². The van der Waals surface area contributed by atoms with E-state index in [1.165, 1.54) is 6.07 Å². The van der Waals surface area contributed by atoms with Crippen LogP contribution < -0.4 is 26.0 Å². The molecule has 2 fully saturated rings. The minimum atomic E-state index is -4.41. The van der Waals surface area contributed by atoms with E-state index in [4.69, 9.17) is 4.74 Å². The normalized spacial score (nSPS) is 17.8. The smallest absolute Gasteiger partial charge is 0.416 e. The largest absolute Gasteiger partial charge is 0.450 e. The Morgan fingerprint density at radius 1 is 1.03 bits per heavy atom. The molecule has 0 aliphatic carbocycles. The number of hydrogen-bond acceptors (Lipinski definition) is 7. The molecule has 0 spiro atoms. The zero-order valence-corrected chi connectivity index (χ0v) is 18.9. The minimum Gasteiger partial charge on any atom is -0.450 e. The van der Waals surface area contributed by atoms with Gasteiger partial charge in [0.15, 0.2) is 0 Å². The molecular formula is C23H27F3N4O4. The first-order valence-corrected chi connectivity index (χ1v) is 11.4. The summed E-state index contributed by atoms with van der Waals surface area (Å²) in [5.41, 5.74) is -0.669. The van der Waals surface area contributed by atoms with E-state index in [0.29, 0.717) is 75.8 Å². The van der Waals surface area contributed by atoms with Crippen LogP contribution in [0.1, 0.15) is 25.3 Å². The average Bonchev–Trinajstić information content (AvgIpc) is 2.84. The Morgan fingerprint density at radius 2 is 1.68 bits per heavy atom. The molecule has 2 heterocycles. The van der Waals surface area contributed by atoms with Gasteiger partial charge in [-0.1, -0.05) is 6.07 Å². The van der Waals surface area contributed by atoms with Crippen LogP contribution in [-0.4, -0.2) is 62.9 Å². The maximum Gasteiger partial charge on any atom is 0.416 e. The predicted molar refractivity (Wildman–Crippen MR) is 122 cm³/mol. The van der Waals surface area contributed by atoms with Gasteiger partial charge in [0.05, 0.1) is 12.2 Å². The topological polar surface area (TPSA) is 82.2 Å². The number of hydrogen-bond donors (Lipinski definition) is 1. The first-order chi connectivity index (χ1) is 16.2. The molecule has 1 amide bonds. The van der Waals surface area contributed by atoms with Crippen LogP contribution in [0.4, 0.5) is 35.0 Å². The summed E-state index contributed by atoms with van der Waals surface area (Å²) in [5.74, 6) is 0. The van der Waals surface area contributed by atoms with Gasteiger partial charge in [-0.25, -0.2) is 4.79 Å². The third-order valence-electron chi connectivity index (χ3n) is 6.39. The summed E-state index contributed by atoms with van der Waals surface area (Å²) in [7, 11) is 0. The van der Waals surface area contributed by atoms with E-state index in [9.17, 15) is 27.6 Å². The molecule has 0 atom stereocenters. The third kappa shape index (κ3) is 4.83. The van der Waals surface area contributed by atoms with E-state index >= 15 is 0 Å². The molecule has 184 valence electrons. The number of nitrogens with zero attached hydrogens (tertiary/aromatic N) is 3. The SMILES string of the molecule is CCOC(=O)N1CCC(Nc2c(N3CCN(c4cccc(C(F)(F)F)c4)CC3)c(=O)c2=O)CC1. The number of halogens is 3. The van der Waals surface area contributed by atoms with Crippen molar-refractivity contribution in [1.29, 1.82) is 0 Å². The molecule has 0 aromatic heterocycles. The van der Waals surface area contributed by atoms with Crippen molar-refractivity contribution in [2.45, 2.75) is 32.0 Å². The molecular weight excluding hydrogens is 453 g/mol. The lowest BCUT2D eigenvalue weighted by molar-refractivity contribution is -0.137. The number of carbonyl (C=O) groups is 1. The van der Waals surface area contributed by atoms with Crippen LogP contribution in [-0.2, 0) is 10.9 Å². The lowest BCUT2D eigenvalue weighted by atomic mass is 10.0. The lowest BCUT2D eigenvalue weighted by Gasteiger charge is -2.39. The van der Waals surface area contributed by atoms with Crippen LogP contribution in [0, 0.1) is 0 Å². The molecule has 1 N–H and O–H groups in total. The van der Waals surface area contributed by atoms with Crippen molar-refractivity contribution in [3.05, 3.63) is 50.3 Å². The number of benzene rings is 1. The zero-order chi connectivity index (χ0) is 24.5. The Morgan fingerprint density at radius 3 is 2.29 bits per heavy atom. The molecule has 2 aromatic carbocycles.